The molecule has 0 fully saturated rings. The molecular weight excluding hydrogens is 477 g/mol. The Kier molecular flexibility index (Phi) is 8.80. The van der Waals surface area contributed by atoms with Gasteiger partial charge in [0, 0.05) is 24.1 Å². The first-order valence-electron chi connectivity index (χ1n) is 13.2. The minimum absolute atomic E-state index is 0.0107. The highest BCUT2D eigenvalue weighted by Gasteiger charge is 2.18. The van der Waals surface area contributed by atoms with E-state index in [-0.39, 0.29) is 36.4 Å². The van der Waals surface area contributed by atoms with E-state index in [1.165, 1.54) is 0 Å². The lowest BCUT2D eigenvalue weighted by molar-refractivity contribution is -0.147. The molecule has 0 bridgehead atoms. The van der Waals surface area contributed by atoms with Gasteiger partial charge >= 0.3 is 5.97 Å². The van der Waals surface area contributed by atoms with Crippen LogP contribution in [0.3, 0.4) is 0 Å². The Balaban J connectivity index is 1.66. The molecule has 0 saturated heterocycles. The molecule has 5 heteroatoms. The van der Waals surface area contributed by atoms with Crippen LogP contribution >= 0.6 is 0 Å². The minimum Gasteiger partial charge on any atom is -0.497 e. The van der Waals surface area contributed by atoms with Gasteiger partial charge in [0.2, 0.25) is 0 Å². The molecule has 0 aromatic heterocycles. The summed E-state index contributed by atoms with van der Waals surface area (Å²) in [6.45, 7) is 7.87. The van der Waals surface area contributed by atoms with E-state index in [0.717, 1.165) is 33.2 Å². The number of halogens is 1. The maximum atomic E-state index is 15.9. The van der Waals surface area contributed by atoms with Crippen LogP contribution in [0.4, 0.5) is 4.39 Å². The molecule has 1 unspecified atom stereocenters. The fraction of sp³-hybridized carbons (Fsp3) is 0.303. The van der Waals surface area contributed by atoms with Crippen molar-refractivity contribution in [3.05, 3.63) is 101 Å². The van der Waals surface area contributed by atoms with E-state index in [1.54, 1.807) is 13.2 Å². The molecule has 198 valence electrons. The standard InChI is InChI=1S/C33H36FNO3/c1-21(2)38-32(36)17-16-24-11-9-15-30(33(24)34)31-20-27(18-26-10-6-7-14-29(26)31)23(4)35-22(3)25-12-8-13-28(19-25)37-5/h6-15,18-23,35H,16-17H2,1-5H3/t22-,23?/m1/s1. The number of carbonyl (C=O) groups excluding carboxylic acids is 1. The predicted octanol–water partition coefficient (Wildman–Crippen LogP) is 7.95. The lowest BCUT2D eigenvalue weighted by atomic mass is 9.91. The summed E-state index contributed by atoms with van der Waals surface area (Å²) in [6.07, 6.45) is 0.247. The number of nitrogens with one attached hydrogen (secondary N) is 1. The van der Waals surface area contributed by atoms with Gasteiger partial charge in [-0.3, -0.25) is 4.79 Å². The SMILES string of the molecule is COc1cccc([C@@H](C)NC(C)c2cc(-c3cccc(CCC(=O)OC(C)C)c3F)c3ccccc3c2)c1. The Hall–Kier alpha value is -3.70. The van der Waals surface area contributed by atoms with Crippen molar-refractivity contribution in [1.29, 1.82) is 0 Å². The molecule has 1 N–H and O–H groups in total. The zero-order valence-corrected chi connectivity index (χ0v) is 22.8. The number of ether oxygens (including phenoxy) is 2. The number of esters is 1. The highest BCUT2D eigenvalue weighted by Crippen LogP contribution is 2.35. The molecule has 0 heterocycles. The third-order valence-corrected chi connectivity index (χ3v) is 6.81. The highest BCUT2D eigenvalue weighted by molar-refractivity contribution is 5.97. The highest BCUT2D eigenvalue weighted by atomic mass is 19.1. The fourth-order valence-electron chi connectivity index (χ4n) is 4.82. The number of benzene rings is 4. The van der Waals surface area contributed by atoms with E-state index in [9.17, 15) is 4.79 Å². The van der Waals surface area contributed by atoms with Crippen LogP contribution in [0.1, 0.15) is 62.9 Å². The fourth-order valence-corrected chi connectivity index (χ4v) is 4.82. The zero-order chi connectivity index (χ0) is 27.2. The summed E-state index contributed by atoms with van der Waals surface area (Å²) in [6, 6.07) is 25.9. The molecule has 0 saturated carbocycles. The van der Waals surface area contributed by atoms with Gasteiger partial charge in [0.05, 0.1) is 13.2 Å². The van der Waals surface area contributed by atoms with Crippen molar-refractivity contribution in [3.63, 3.8) is 0 Å². The second kappa shape index (κ2) is 12.2. The predicted molar refractivity (Wildman–Crippen MR) is 152 cm³/mol. The van der Waals surface area contributed by atoms with Crippen LogP contribution in [0.2, 0.25) is 0 Å². The van der Waals surface area contributed by atoms with E-state index in [2.05, 4.69) is 43.4 Å². The van der Waals surface area contributed by atoms with Crippen molar-refractivity contribution >= 4 is 16.7 Å². The lowest BCUT2D eigenvalue weighted by Gasteiger charge is -2.23. The summed E-state index contributed by atoms with van der Waals surface area (Å²) in [5.41, 5.74) is 4.08. The number of carbonyl (C=O) groups is 1. The second-order valence-corrected chi connectivity index (χ2v) is 9.99. The van der Waals surface area contributed by atoms with E-state index in [4.69, 9.17) is 9.47 Å². The molecule has 0 aliphatic heterocycles. The van der Waals surface area contributed by atoms with Crippen molar-refractivity contribution in [2.75, 3.05) is 7.11 Å². The summed E-state index contributed by atoms with van der Waals surface area (Å²) in [5.74, 6) is 0.212. The number of methoxy groups -OCH3 is 1. The van der Waals surface area contributed by atoms with E-state index in [0.29, 0.717) is 17.5 Å². The minimum atomic E-state index is -0.317. The summed E-state index contributed by atoms with van der Waals surface area (Å²) in [4.78, 5) is 12.1. The van der Waals surface area contributed by atoms with Crippen LogP contribution in [-0.4, -0.2) is 19.2 Å². The van der Waals surface area contributed by atoms with Gasteiger partial charge < -0.3 is 14.8 Å². The normalized spacial score (nSPS) is 12.9. The zero-order valence-electron chi connectivity index (χ0n) is 22.8. The van der Waals surface area contributed by atoms with Gasteiger partial charge in [-0.25, -0.2) is 4.39 Å². The van der Waals surface area contributed by atoms with Gasteiger partial charge in [0.1, 0.15) is 11.6 Å². The Morgan fingerprint density at radius 3 is 2.34 bits per heavy atom. The Labute approximate surface area is 224 Å². The molecule has 0 spiro atoms. The average molecular weight is 514 g/mol. The van der Waals surface area contributed by atoms with Crippen molar-refractivity contribution in [1.82, 2.24) is 5.32 Å². The summed E-state index contributed by atoms with van der Waals surface area (Å²) < 4.78 is 26.5. The monoisotopic (exact) mass is 513 g/mol. The summed E-state index contributed by atoms with van der Waals surface area (Å²) in [5, 5.41) is 5.72. The van der Waals surface area contributed by atoms with Crippen LogP contribution in [-0.2, 0) is 16.0 Å². The van der Waals surface area contributed by atoms with Gasteiger partial charge in [0.25, 0.3) is 0 Å². The number of aryl methyl sites for hydroxylation is 1. The number of fused-ring (bicyclic) bond motifs is 1. The number of hydrogen-bond donors (Lipinski definition) is 1. The number of hydrogen-bond acceptors (Lipinski definition) is 4. The molecule has 2 atom stereocenters. The van der Waals surface area contributed by atoms with Gasteiger partial charge in [-0.15, -0.1) is 0 Å². The molecule has 0 aliphatic carbocycles. The first-order valence-corrected chi connectivity index (χ1v) is 13.2. The van der Waals surface area contributed by atoms with Crippen LogP contribution in [0.5, 0.6) is 5.75 Å². The molecule has 0 radical (unpaired) electrons. The molecule has 4 aromatic carbocycles. The lowest BCUT2D eigenvalue weighted by Crippen LogP contribution is -2.22. The van der Waals surface area contributed by atoms with Gasteiger partial charge in [-0.05, 0) is 91.4 Å². The van der Waals surface area contributed by atoms with E-state index in [1.807, 2.05) is 62.4 Å². The van der Waals surface area contributed by atoms with Crippen molar-refractivity contribution in [3.8, 4) is 16.9 Å². The molecule has 0 aliphatic rings. The summed E-state index contributed by atoms with van der Waals surface area (Å²) in [7, 11) is 1.67. The maximum absolute atomic E-state index is 15.9. The molecule has 4 rings (SSSR count). The second-order valence-electron chi connectivity index (χ2n) is 9.99. The van der Waals surface area contributed by atoms with E-state index >= 15 is 4.39 Å². The summed E-state index contributed by atoms with van der Waals surface area (Å²) >= 11 is 0. The van der Waals surface area contributed by atoms with Crippen molar-refractivity contribution < 1.29 is 18.7 Å². The van der Waals surface area contributed by atoms with Crippen LogP contribution in [0, 0.1) is 5.82 Å². The van der Waals surface area contributed by atoms with Gasteiger partial charge in [0.15, 0.2) is 0 Å². The molecule has 4 aromatic rings. The van der Waals surface area contributed by atoms with Gasteiger partial charge in [-0.1, -0.05) is 54.6 Å². The average Bonchev–Trinajstić information content (AvgIpc) is 2.91. The third-order valence-electron chi connectivity index (χ3n) is 6.81. The number of rotatable bonds is 10. The molecule has 0 amide bonds. The van der Waals surface area contributed by atoms with Crippen LogP contribution < -0.4 is 10.1 Å². The third kappa shape index (κ3) is 6.40. The van der Waals surface area contributed by atoms with Crippen LogP contribution in [0.25, 0.3) is 21.9 Å². The maximum Gasteiger partial charge on any atom is 0.306 e. The Morgan fingerprint density at radius 1 is 0.842 bits per heavy atom. The molecule has 4 nitrogen and oxygen atoms in total. The van der Waals surface area contributed by atoms with Crippen molar-refractivity contribution in [2.24, 2.45) is 0 Å². The quantitative estimate of drug-likeness (QED) is 0.219. The topological polar surface area (TPSA) is 47.6 Å². The Bertz CT molecular complexity index is 1410. The van der Waals surface area contributed by atoms with Crippen LogP contribution in [0.15, 0.2) is 78.9 Å². The molecule has 38 heavy (non-hydrogen) atoms. The van der Waals surface area contributed by atoms with Gasteiger partial charge in [-0.2, -0.15) is 0 Å². The first kappa shape index (κ1) is 27.3. The molecular formula is C33H36FNO3. The van der Waals surface area contributed by atoms with Crippen molar-refractivity contribution in [2.45, 2.75) is 58.7 Å². The van der Waals surface area contributed by atoms with E-state index < -0.39 is 0 Å². The largest absolute Gasteiger partial charge is 0.497 e. The Morgan fingerprint density at radius 2 is 1.58 bits per heavy atom. The first-order chi connectivity index (χ1) is 18.3. The smallest absolute Gasteiger partial charge is 0.306 e.